The van der Waals surface area contributed by atoms with Gasteiger partial charge in [-0.3, -0.25) is 20.4 Å². The van der Waals surface area contributed by atoms with Crippen molar-refractivity contribution in [2.75, 3.05) is 11.5 Å². The Bertz CT molecular complexity index is 995. The fourth-order valence-electron chi connectivity index (χ4n) is 2.76. The summed E-state index contributed by atoms with van der Waals surface area (Å²) in [6.45, 7) is 0. The van der Waals surface area contributed by atoms with Crippen LogP contribution < -0.4 is 16.5 Å². The van der Waals surface area contributed by atoms with Crippen LogP contribution in [0, 0.1) is 5.92 Å². The standard InChI is InChI=1S/C16H16N2O6S/c19-14(7-10-5-6-25(22,23)9-10)17-18-15(20)12-8-11-3-1-2-4-13(11)24-16(12)21/h1-4,8,10H,5-7,9H2,(H,17,19)(H,18,20)/t10-/m0/s1. The van der Waals surface area contributed by atoms with Crippen LogP contribution in [0.3, 0.4) is 0 Å². The van der Waals surface area contributed by atoms with Gasteiger partial charge in [0, 0.05) is 11.8 Å². The van der Waals surface area contributed by atoms with E-state index >= 15 is 0 Å². The number of carbonyl (C=O) groups excluding carboxylic acids is 2. The number of fused-ring (bicyclic) bond motifs is 1. The molecule has 2 N–H and O–H groups in total. The molecule has 25 heavy (non-hydrogen) atoms. The van der Waals surface area contributed by atoms with Gasteiger partial charge in [0.1, 0.15) is 11.1 Å². The minimum Gasteiger partial charge on any atom is -0.422 e. The van der Waals surface area contributed by atoms with E-state index in [2.05, 4.69) is 10.9 Å². The summed E-state index contributed by atoms with van der Waals surface area (Å²) < 4.78 is 27.8. The predicted octanol–water partition coefficient (Wildman–Crippen LogP) is 0.379. The lowest BCUT2D eigenvalue weighted by atomic mass is 10.1. The molecule has 1 fully saturated rings. The Morgan fingerprint density at radius 3 is 2.68 bits per heavy atom. The number of benzene rings is 1. The van der Waals surface area contributed by atoms with E-state index in [1.165, 1.54) is 6.07 Å². The quantitative estimate of drug-likeness (QED) is 0.600. The first kappa shape index (κ1) is 17.2. The lowest BCUT2D eigenvalue weighted by Crippen LogP contribution is -2.43. The van der Waals surface area contributed by atoms with Crippen molar-refractivity contribution in [3.05, 3.63) is 46.3 Å². The van der Waals surface area contributed by atoms with Gasteiger partial charge in [-0.2, -0.15) is 0 Å². The van der Waals surface area contributed by atoms with Crippen LogP contribution in [-0.4, -0.2) is 31.7 Å². The molecular formula is C16H16N2O6S. The minimum atomic E-state index is -3.06. The van der Waals surface area contributed by atoms with Gasteiger partial charge < -0.3 is 4.42 Å². The zero-order chi connectivity index (χ0) is 18.0. The molecular weight excluding hydrogens is 348 g/mol. The molecule has 0 spiro atoms. The summed E-state index contributed by atoms with van der Waals surface area (Å²) >= 11 is 0. The Kier molecular flexibility index (Phi) is 4.58. The SMILES string of the molecule is O=C(C[C@@H]1CCS(=O)(=O)C1)NNC(=O)c1cc2ccccc2oc1=O. The second kappa shape index (κ2) is 6.67. The molecule has 0 unspecified atom stereocenters. The molecule has 8 nitrogen and oxygen atoms in total. The Balaban J connectivity index is 1.62. The van der Waals surface area contributed by atoms with Crippen molar-refractivity contribution in [1.29, 1.82) is 0 Å². The van der Waals surface area contributed by atoms with Crippen LogP contribution in [0.2, 0.25) is 0 Å². The maximum absolute atomic E-state index is 12.1. The van der Waals surface area contributed by atoms with E-state index in [-0.39, 0.29) is 29.4 Å². The van der Waals surface area contributed by atoms with Gasteiger partial charge in [-0.15, -0.1) is 0 Å². The Labute approximate surface area is 143 Å². The first-order chi connectivity index (χ1) is 11.8. The molecule has 9 heteroatoms. The molecule has 2 amide bonds. The van der Waals surface area contributed by atoms with Gasteiger partial charge in [-0.25, -0.2) is 13.2 Å². The van der Waals surface area contributed by atoms with E-state index in [1.807, 2.05) is 0 Å². The summed E-state index contributed by atoms with van der Waals surface area (Å²) in [4.78, 5) is 35.8. The highest BCUT2D eigenvalue weighted by molar-refractivity contribution is 7.91. The number of hydrogen-bond acceptors (Lipinski definition) is 6. The third-order valence-corrected chi connectivity index (χ3v) is 5.84. The molecule has 1 aliphatic heterocycles. The zero-order valence-corrected chi connectivity index (χ0v) is 14.0. The van der Waals surface area contributed by atoms with Gasteiger partial charge in [0.2, 0.25) is 5.91 Å². The molecule has 0 aliphatic carbocycles. The van der Waals surface area contributed by atoms with Crippen molar-refractivity contribution in [2.45, 2.75) is 12.8 Å². The third kappa shape index (κ3) is 4.05. The van der Waals surface area contributed by atoms with Crippen LogP contribution in [0.4, 0.5) is 0 Å². The number of sulfone groups is 1. The topological polar surface area (TPSA) is 123 Å². The largest absolute Gasteiger partial charge is 0.422 e. The van der Waals surface area contributed by atoms with Crippen LogP contribution in [0.1, 0.15) is 23.2 Å². The number of hydrogen-bond donors (Lipinski definition) is 2. The van der Waals surface area contributed by atoms with Crippen LogP contribution >= 0.6 is 0 Å². The van der Waals surface area contributed by atoms with E-state index < -0.39 is 27.3 Å². The molecule has 1 saturated heterocycles. The summed E-state index contributed by atoms with van der Waals surface area (Å²) in [5.74, 6) is -1.52. The molecule has 0 radical (unpaired) electrons. The molecule has 1 atom stereocenters. The summed E-state index contributed by atoms with van der Waals surface area (Å²) in [5.41, 5.74) is 3.66. The smallest absolute Gasteiger partial charge is 0.349 e. The van der Waals surface area contributed by atoms with E-state index in [9.17, 15) is 22.8 Å². The Morgan fingerprint density at radius 1 is 1.20 bits per heavy atom. The maximum atomic E-state index is 12.1. The summed E-state index contributed by atoms with van der Waals surface area (Å²) in [6, 6.07) is 8.12. The van der Waals surface area contributed by atoms with Crippen LogP contribution in [0.15, 0.2) is 39.5 Å². The highest BCUT2D eigenvalue weighted by Gasteiger charge is 2.29. The number of nitrogens with one attached hydrogen (secondary N) is 2. The monoisotopic (exact) mass is 364 g/mol. The van der Waals surface area contributed by atoms with Crippen molar-refractivity contribution in [2.24, 2.45) is 5.92 Å². The van der Waals surface area contributed by atoms with E-state index in [0.29, 0.717) is 17.4 Å². The molecule has 0 saturated carbocycles. The molecule has 2 heterocycles. The number of amides is 2. The first-order valence-electron chi connectivity index (χ1n) is 7.66. The van der Waals surface area contributed by atoms with Crippen LogP contribution in [0.25, 0.3) is 11.0 Å². The normalized spacial score (nSPS) is 18.8. The molecule has 132 valence electrons. The fraction of sp³-hybridized carbons (Fsp3) is 0.312. The zero-order valence-electron chi connectivity index (χ0n) is 13.2. The number of carbonyl (C=O) groups is 2. The summed E-state index contributed by atoms with van der Waals surface area (Å²) in [5, 5.41) is 0.578. The van der Waals surface area contributed by atoms with Gasteiger partial charge >= 0.3 is 5.63 Å². The van der Waals surface area contributed by atoms with E-state index in [0.717, 1.165) is 0 Å². The number of hydrazine groups is 1. The Morgan fingerprint density at radius 2 is 1.96 bits per heavy atom. The van der Waals surface area contributed by atoms with E-state index in [4.69, 9.17) is 4.42 Å². The molecule has 1 aromatic carbocycles. The van der Waals surface area contributed by atoms with Gasteiger partial charge in [0.05, 0.1) is 11.5 Å². The lowest BCUT2D eigenvalue weighted by molar-refractivity contribution is -0.122. The molecule has 2 aromatic rings. The van der Waals surface area contributed by atoms with Gasteiger partial charge in [-0.1, -0.05) is 18.2 Å². The second-order valence-electron chi connectivity index (χ2n) is 5.96. The van der Waals surface area contributed by atoms with Gasteiger partial charge in [-0.05, 0) is 24.5 Å². The van der Waals surface area contributed by atoms with Gasteiger partial charge in [0.15, 0.2) is 9.84 Å². The highest BCUT2D eigenvalue weighted by Crippen LogP contribution is 2.21. The number of para-hydroxylation sites is 1. The lowest BCUT2D eigenvalue weighted by Gasteiger charge is -2.09. The fourth-order valence-corrected chi connectivity index (χ4v) is 4.62. The van der Waals surface area contributed by atoms with Crippen molar-refractivity contribution in [3.8, 4) is 0 Å². The van der Waals surface area contributed by atoms with Crippen molar-refractivity contribution in [3.63, 3.8) is 0 Å². The molecule has 1 aliphatic rings. The van der Waals surface area contributed by atoms with Crippen molar-refractivity contribution < 1.29 is 22.4 Å². The highest BCUT2D eigenvalue weighted by atomic mass is 32.2. The molecule has 3 rings (SSSR count). The number of rotatable bonds is 3. The average Bonchev–Trinajstić information content (AvgIpc) is 2.90. The first-order valence-corrected chi connectivity index (χ1v) is 9.49. The minimum absolute atomic E-state index is 0.00810. The third-order valence-electron chi connectivity index (χ3n) is 4.00. The molecule has 1 aromatic heterocycles. The summed E-state index contributed by atoms with van der Waals surface area (Å²) in [6.07, 6.45) is 0.420. The maximum Gasteiger partial charge on any atom is 0.349 e. The molecule has 0 bridgehead atoms. The summed E-state index contributed by atoms with van der Waals surface area (Å²) in [7, 11) is -3.06. The van der Waals surface area contributed by atoms with Crippen LogP contribution in [0.5, 0.6) is 0 Å². The predicted molar refractivity (Wildman–Crippen MR) is 89.5 cm³/mol. The van der Waals surface area contributed by atoms with Crippen molar-refractivity contribution >= 4 is 32.6 Å². The average molecular weight is 364 g/mol. The van der Waals surface area contributed by atoms with Crippen LogP contribution in [-0.2, 0) is 14.6 Å². The van der Waals surface area contributed by atoms with Crippen molar-refractivity contribution in [1.82, 2.24) is 10.9 Å². The van der Waals surface area contributed by atoms with E-state index in [1.54, 1.807) is 24.3 Å². The second-order valence-corrected chi connectivity index (χ2v) is 8.19. The Hall–Kier alpha value is -2.68. The van der Waals surface area contributed by atoms with Gasteiger partial charge in [0.25, 0.3) is 5.91 Å².